The van der Waals surface area contributed by atoms with Crippen LogP contribution in [0.2, 0.25) is 10.0 Å². The van der Waals surface area contributed by atoms with Gasteiger partial charge in [0.05, 0.1) is 11.6 Å². The number of esters is 1. The Kier molecular flexibility index (Phi) is 7.33. The van der Waals surface area contributed by atoms with E-state index >= 15 is 0 Å². The zero-order valence-electron chi connectivity index (χ0n) is 13.3. The van der Waals surface area contributed by atoms with Crippen LogP contribution in [0.4, 0.5) is 4.79 Å². The van der Waals surface area contributed by atoms with Crippen LogP contribution < -0.4 is 15.4 Å². The molecule has 9 heteroatoms. The van der Waals surface area contributed by atoms with E-state index < -0.39 is 24.5 Å². The van der Waals surface area contributed by atoms with Crippen molar-refractivity contribution in [3.63, 3.8) is 0 Å². The molecule has 0 spiro atoms. The Labute approximate surface area is 154 Å². The van der Waals surface area contributed by atoms with Gasteiger partial charge in [-0.25, -0.2) is 4.79 Å². The number of ether oxygens (including phenoxy) is 2. The lowest BCUT2D eigenvalue weighted by Gasteiger charge is -2.08. The van der Waals surface area contributed by atoms with Gasteiger partial charge in [-0.1, -0.05) is 23.2 Å². The third kappa shape index (κ3) is 7.62. The van der Waals surface area contributed by atoms with Crippen molar-refractivity contribution in [2.45, 2.75) is 31.7 Å². The van der Waals surface area contributed by atoms with Crippen molar-refractivity contribution < 1.29 is 23.9 Å². The van der Waals surface area contributed by atoms with E-state index in [1.807, 2.05) is 0 Å². The Morgan fingerprint density at radius 1 is 1.20 bits per heavy atom. The minimum absolute atomic E-state index is 0.0762. The van der Waals surface area contributed by atoms with Gasteiger partial charge < -0.3 is 14.8 Å². The van der Waals surface area contributed by atoms with Gasteiger partial charge in [-0.2, -0.15) is 0 Å². The third-order valence-electron chi connectivity index (χ3n) is 3.21. The number of halogens is 2. The van der Waals surface area contributed by atoms with E-state index in [4.69, 9.17) is 32.7 Å². The summed E-state index contributed by atoms with van der Waals surface area (Å²) in [7, 11) is 0. The molecule has 0 heterocycles. The van der Waals surface area contributed by atoms with Gasteiger partial charge in [0.2, 0.25) is 0 Å². The highest BCUT2D eigenvalue weighted by Crippen LogP contribution is 2.27. The fourth-order valence-electron chi connectivity index (χ4n) is 1.82. The van der Waals surface area contributed by atoms with E-state index in [9.17, 15) is 14.4 Å². The largest absolute Gasteiger partial charge is 0.492 e. The number of rotatable bonds is 8. The van der Waals surface area contributed by atoms with Crippen molar-refractivity contribution in [1.82, 2.24) is 10.6 Å². The molecular formula is C16H18Cl2N2O5. The Hall–Kier alpha value is -1.99. The van der Waals surface area contributed by atoms with Gasteiger partial charge in [-0.3, -0.25) is 14.9 Å². The summed E-state index contributed by atoms with van der Waals surface area (Å²) in [5.41, 5.74) is 0. The molecule has 0 saturated heterocycles. The van der Waals surface area contributed by atoms with E-state index in [0.29, 0.717) is 22.2 Å². The number of benzene rings is 1. The number of urea groups is 1. The molecule has 1 aromatic carbocycles. The third-order valence-corrected chi connectivity index (χ3v) is 3.74. The first kappa shape index (κ1) is 19.3. The molecule has 1 saturated carbocycles. The smallest absolute Gasteiger partial charge is 0.321 e. The molecule has 0 aromatic heterocycles. The zero-order chi connectivity index (χ0) is 18.2. The van der Waals surface area contributed by atoms with E-state index in [1.165, 1.54) is 0 Å². The monoisotopic (exact) mass is 388 g/mol. The van der Waals surface area contributed by atoms with Gasteiger partial charge in [0.15, 0.2) is 6.61 Å². The number of amides is 3. The van der Waals surface area contributed by atoms with Crippen molar-refractivity contribution >= 4 is 41.1 Å². The summed E-state index contributed by atoms with van der Waals surface area (Å²) in [6, 6.07) is 4.42. The average molecular weight is 389 g/mol. The number of carbonyl (C=O) groups is 3. The molecular weight excluding hydrogens is 371 g/mol. The van der Waals surface area contributed by atoms with Gasteiger partial charge in [0, 0.05) is 17.5 Å². The molecule has 136 valence electrons. The number of nitrogens with one attached hydrogen (secondary N) is 2. The van der Waals surface area contributed by atoms with E-state index in [1.54, 1.807) is 18.2 Å². The summed E-state index contributed by atoms with van der Waals surface area (Å²) in [5, 5.41) is 5.57. The summed E-state index contributed by atoms with van der Waals surface area (Å²) in [5.74, 6) is -0.750. The second kappa shape index (κ2) is 9.48. The van der Waals surface area contributed by atoms with Crippen LogP contribution in [0.5, 0.6) is 5.75 Å². The molecule has 0 radical (unpaired) electrons. The second-order valence-electron chi connectivity index (χ2n) is 5.48. The fraction of sp³-hybridized carbons (Fsp3) is 0.438. The highest BCUT2D eigenvalue weighted by Gasteiger charge is 2.24. The molecule has 1 aliphatic carbocycles. The Bertz CT molecular complexity index is 649. The van der Waals surface area contributed by atoms with Crippen molar-refractivity contribution in [1.29, 1.82) is 0 Å². The van der Waals surface area contributed by atoms with Crippen LogP contribution in [0.3, 0.4) is 0 Å². The summed E-state index contributed by atoms with van der Waals surface area (Å²) in [6.45, 7) is -0.243. The van der Waals surface area contributed by atoms with Crippen LogP contribution in [0.15, 0.2) is 18.2 Å². The van der Waals surface area contributed by atoms with Crippen LogP contribution in [-0.2, 0) is 14.3 Å². The minimum atomic E-state index is -0.671. The quantitative estimate of drug-likeness (QED) is 0.527. The second-order valence-corrected chi connectivity index (χ2v) is 6.33. The average Bonchev–Trinajstić information content (AvgIpc) is 3.35. The minimum Gasteiger partial charge on any atom is -0.492 e. The Morgan fingerprint density at radius 2 is 1.96 bits per heavy atom. The predicted molar refractivity (Wildman–Crippen MR) is 91.8 cm³/mol. The first-order valence-corrected chi connectivity index (χ1v) is 8.53. The molecule has 25 heavy (non-hydrogen) atoms. The molecule has 3 amide bonds. The van der Waals surface area contributed by atoms with Crippen LogP contribution in [0.1, 0.15) is 25.7 Å². The highest BCUT2D eigenvalue weighted by atomic mass is 35.5. The maximum atomic E-state index is 11.5. The standard InChI is InChI=1S/C16H18Cl2N2O5/c17-10-3-6-13(12(18)8-10)24-7-1-2-15(22)25-9-14(21)20-16(23)19-11-4-5-11/h3,6,8,11H,1-2,4-5,7,9H2,(H2,19,20,21,23). The molecule has 1 fully saturated rings. The summed E-state index contributed by atoms with van der Waals surface area (Å²) in [4.78, 5) is 34.3. The number of hydrogen-bond donors (Lipinski definition) is 2. The van der Waals surface area contributed by atoms with Gasteiger partial charge in [0.1, 0.15) is 5.75 Å². The molecule has 0 unspecified atom stereocenters. The van der Waals surface area contributed by atoms with Crippen molar-refractivity contribution in [2.24, 2.45) is 0 Å². The van der Waals surface area contributed by atoms with E-state index in [-0.39, 0.29) is 19.1 Å². The molecule has 2 N–H and O–H groups in total. The lowest BCUT2D eigenvalue weighted by Crippen LogP contribution is -2.42. The maximum Gasteiger partial charge on any atom is 0.321 e. The normalized spacial score (nSPS) is 13.0. The number of imide groups is 1. The zero-order valence-corrected chi connectivity index (χ0v) is 14.9. The van der Waals surface area contributed by atoms with Crippen molar-refractivity contribution in [3.8, 4) is 5.75 Å². The van der Waals surface area contributed by atoms with Crippen molar-refractivity contribution in [3.05, 3.63) is 28.2 Å². The number of hydrogen-bond acceptors (Lipinski definition) is 5. The maximum absolute atomic E-state index is 11.5. The van der Waals surface area contributed by atoms with Gasteiger partial charge in [-0.05, 0) is 37.5 Å². The van der Waals surface area contributed by atoms with E-state index in [2.05, 4.69) is 10.6 Å². The highest BCUT2D eigenvalue weighted by molar-refractivity contribution is 6.35. The van der Waals surface area contributed by atoms with Crippen molar-refractivity contribution in [2.75, 3.05) is 13.2 Å². The molecule has 1 aliphatic rings. The summed E-state index contributed by atoms with van der Waals surface area (Å²) < 4.78 is 10.2. The molecule has 1 aromatic rings. The van der Waals surface area contributed by atoms with Crippen LogP contribution >= 0.6 is 23.2 Å². The number of carbonyl (C=O) groups excluding carboxylic acids is 3. The van der Waals surface area contributed by atoms with Gasteiger partial charge >= 0.3 is 12.0 Å². The lowest BCUT2D eigenvalue weighted by atomic mass is 10.3. The first-order valence-electron chi connectivity index (χ1n) is 7.78. The van der Waals surface area contributed by atoms with Crippen LogP contribution in [0.25, 0.3) is 0 Å². The topological polar surface area (TPSA) is 93.7 Å². The molecule has 0 atom stereocenters. The SMILES string of the molecule is O=C(COC(=O)CCCOc1ccc(Cl)cc1Cl)NC(=O)NC1CC1. The molecule has 0 bridgehead atoms. The Morgan fingerprint density at radius 3 is 2.64 bits per heavy atom. The summed E-state index contributed by atoms with van der Waals surface area (Å²) in [6.07, 6.45) is 2.30. The lowest BCUT2D eigenvalue weighted by molar-refractivity contribution is -0.148. The summed E-state index contributed by atoms with van der Waals surface area (Å²) >= 11 is 11.7. The Balaban J connectivity index is 1.55. The first-order chi connectivity index (χ1) is 11.9. The van der Waals surface area contributed by atoms with E-state index in [0.717, 1.165) is 12.8 Å². The molecule has 7 nitrogen and oxygen atoms in total. The van der Waals surface area contributed by atoms with Crippen LogP contribution in [-0.4, -0.2) is 37.2 Å². The predicted octanol–water partition coefficient (Wildman–Crippen LogP) is 2.68. The van der Waals surface area contributed by atoms with Crippen LogP contribution in [0, 0.1) is 0 Å². The molecule has 0 aliphatic heterocycles. The molecule has 2 rings (SSSR count). The van der Waals surface area contributed by atoms with Gasteiger partial charge in [0.25, 0.3) is 5.91 Å². The fourth-order valence-corrected chi connectivity index (χ4v) is 2.28. The van der Waals surface area contributed by atoms with Gasteiger partial charge in [-0.15, -0.1) is 0 Å².